The lowest BCUT2D eigenvalue weighted by Crippen LogP contribution is -2.60. The average molecular weight is 840 g/mol. The minimum Gasteiger partial charge on any atom is -0.508 e. The molecule has 2 aromatic rings. The number of primary amides is 1. The molecule has 0 aliphatic rings. The van der Waals surface area contributed by atoms with E-state index in [2.05, 4.69) is 31.1 Å². The number of benzene rings is 2. The Bertz CT molecular complexity index is 1760. The topological polar surface area (TPSA) is 357 Å². The molecule has 0 saturated carbocycles. The molecule has 2 rings (SSSR count). The molecule has 6 amide bonds. The summed E-state index contributed by atoms with van der Waals surface area (Å²) < 4.78 is 26.1. The predicted octanol–water partition coefficient (Wildman–Crippen LogP) is -2.69. The van der Waals surface area contributed by atoms with Gasteiger partial charge in [0.2, 0.25) is 35.4 Å². The van der Waals surface area contributed by atoms with Gasteiger partial charge in [-0.15, -0.1) is 0 Å². The maximum absolute atomic E-state index is 13.7. The Morgan fingerprint density at radius 1 is 0.724 bits per heavy atom. The summed E-state index contributed by atoms with van der Waals surface area (Å²) >= 11 is 0. The van der Waals surface area contributed by atoms with Crippen molar-refractivity contribution in [1.29, 1.82) is 0 Å². The van der Waals surface area contributed by atoms with Crippen LogP contribution in [0, 0.1) is 5.92 Å². The van der Waals surface area contributed by atoms with E-state index < -0.39 is 98.9 Å². The van der Waals surface area contributed by atoms with Crippen LogP contribution in [0.5, 0.6) is 11.5 Å². The Morgan fingerprint density at radius 2 is 1.26 bits per heavy atom. The van der Waals surface area contributed by atoms with E-state index >= 15 is 0 Å². The second kappa shape index (κ2) is 24.2. The first-order valence-corrected chi connectivity index (χ1v) is 19.3. The quantitative estimate of drug-likeness (QED) is 0.0339. The van der Waals surface area contributed by atoms with Gasteiger partial charge in [0.05, 0.1) is 26.2 Å². The van der Waals surface area contributed by atoms with Gasteiger partial charge in [-0.2, -0.15) is 0 Å². The number of carbonyl (C=O) groups is 7. The highest BCUT2D eigenvalue weighted by Gasteiger charge is 2.34. The molecule has 13 N–H and O–H groups in total. The summed E-state index contributed by atoms with van der Waals surface area (Å²) in [5.74, 6) is -7.84. The second-order valence-corrected chi connectivity index (χ2v) is 14.2. The number of hydrogen-bond acceptors (Lipinski definition) is 13. The van der Waals surface area contributed by atoms with Gasteiger partial charge in [-0.1, -0.05) is 38.1 Å². The number of phenols is 1. The van der Waals surface area contributed by atoms with E-state index in [9.17, 15) is 43.2 Å². The number of phosphoric ester groups is 1. The number of carbonyl (C=O) groups excluding carboxylic acids is 6. The van der Waals surface area contributed by atoms with Crippen LogP contribution in [0.3, 0.4) is 0 Å². The summed E-state index contributed by atoms with van der Waals surface area (Å²) in [6.07, 6.45) is -1.13. The van der Waals surface area contributed by atoms with Gasteiger partial charge in [-0.3, -0.25) is 43.3 Å². The monoisotopic (exact) mass is 839 g/mol. The zero-order chi connectivity index (χ0) is 43.4. The third kappa shape index (κ3) is 19.0. The molecule has 2 aromatic carbocycles. The first-order valence-electron chi connectivity index (χ1n) is 17.7. The summed E-state index contributed by atoms with van der Waals surface area (Å²) in [6, 6.07) is 4.94. The molecule has 0 aromatic heterocycles. The molecule has 320 valence electrons. The van der Waals surface area contributed by atoms with Gasteiger partial charge in [0.25, 0.3) is 0 Å². The fraction of sp³-hybridized carbons (Fsp3) is 0.457. The summed E-state index contributed by atoms with van der Waals surface area (Å²) in [4.78, 5) is 108. The number of hydrogen-bond donors (Lipinski definition) is 11. The summed E-state index contributed by atoms with van der Waals surface area (Å²) in [5, 5.41) is 30.8. The number of carboxylic acids is 1. The number of amides is 6. The molecule has 0 aliphatic heterocycles. The van der Waals surface area contributed by atoms with Crippen molar-refractivity contribution >= 4 is 49.2 Å². The Morgan fingerprint density at radius 3 is 1.79 bits per heavy atom. The SMILES string of the molecule is CC(C)[C@H](NC(=O)[C@H](CC(N)=O)NC(=O)[C@H](Cc1ccc(O)cc1)NC(=O)COCCOCCN)C(=O)N[C@@H](Cc1ccc(OP(=O)(O)O)cc1)C(=O)NCC(=O)O. The van der Waals surface area contributed by atoms with E-state index in [1.807, 2.05) is 0 Å². The Kier molecular flexibility index (Phi) is 20.2. The number of rotatable bonds is 26. The number of carboxylic acid groups (broad SMARTS) is 1. The van der Waals surface area contributed by atoms with E-state index in [4.69, 9.17) is 35.8 Å². The predicted molar refractivity (Wildman–Crippen MR) is 202 cm³/mol. The van der Waals surface area contributed by atoms with Crippen LogP contribution in [0.4, 0.5) is 0 Å². The number of nitrogens with two attached hydrogens (primary N) is 2. The Labute approximate surface area is 333 Å². The molecule has 0 spiro atoms. The van der Waals surface area contributed by atoms with Gasteiger partial charge in [-0.05, 0) is 41.3 Å². The Hall–Kier alpha value is -5.64. The molecule has 0 unspecified atom stereocenters. The van der Waals surface area contributed by atoms with E-state index in [1.165, 1.54) is 48.5 Å². The molecule has 58 heavy (non-hydrogen) atoms. The molecule has 0 radical (unpaired) electrons. The zero-order valence-electron chi connectivity index (χ0n) is 31.8. The fourth-order valence-corrected chi connectivity index (χ4v) is 5.47. The largest absolute Gasteiger partial charge is 0.524 e. The highest BCUT2D eigenvalue weighted by Crippen LogP contribution is 2.37. The third-order valence-corrected chi connectivity index (χ3v) is 8.26. The van der Waals surface area contributed by atoms with Crippen LogP contribution in [0.15, 0.2) is 48.5 Å². The van der Waals surface area contributed by atoms with Crippen molar-refractivity contribution in [3.05, 3.63) is 59.7 Å². The van der Waals surface area contributed by atoms with Crippen LogP contribution in [0.1, 0.15) is 31.4 Å². The number of phenolic OH excluding ortho intramolecular Hbond substituents is 1. The lowest BCUT2D eigenvalue weighted by molar-refractivity contribution is -0.138. The highest BCUT2D eigenvalue weighted by molar-refractivity contribution is 7.46. The van der Waals surface area contributed by atoms with Crippen molar-refractivity contribution in [2.75, 3.05) is 39.5 Å². The number of aromatic hydroxyl groups is 1. The number of aliphatic carboxylic acids is 1. The van der Waals surface area contributed by atoms with Crippen molar-refractivity contribution in [3.63, 3.8) is 0 Å². The van der Waals surface area contributed by atoms with E-state index in [1.54, 1.807) is 13.8 Å². The van der Waals surface area contributed by atoms with Gasteiger partial charge in [0.15, 0.2) is 0 Å². The average Bonchev–Trinajstić information content (AvgIpc) is 3.13. The van der Waals surface area contributed by atoms with Gasteiger partial charge in [-0.25, -0.2) is 4.57 Å². The van der Waals surface area contributed by atoms with Crippen molar-refractivity contribution < 1.29 is 72.1 Å². The maximum Gasteiger partial charge on any atom is 0.524 e. The van der Waals surface area contributed by atoms with Crippen LogP contribution in [-0.2, 0) is 60.4 Å². The first-order chi connectivity index (χ1) is 27.3. The molecule has 4 atom stereocenters. The van der Waals surface area contributed by atoms with Crippen molar-refractivity contribution in [3.8, 4) is 11.5 Å². The number of ether oxygens (including phenoxy) is 2. The van der Waals surface area contributed by atoms with Crippen molar-refractivity contribution in [2.45, 2.75) is 57.3 Å². The van der Waals surface area contributed by atoms with Crippen LogP contribution in [-0.4, -0.2) is 125 Å². The van der Waals surface area contributed by atoms with Crippen molar-refractivity contribution in [1.82, 2.24) is 26.6 Å². The zero-order valence-corrected chi connectivity index (χ0v) is 32.6. The van der Waals surface area contributed by atoms with Gasteiger partial charge in [0.1, 0.15) is 48.8 Å². The lowest BCUT2D eigenvalue weighted by Gasteiger charge is -2.28. The minimum absolute atomic E-state index is 0.0474. The van der Waals surface area contributed by atoms with Crippen LogP contribution in [0.2, 0.25) is 0 Å². The molecule has 0 fully saturated rings. The van der Waals surface area contributed by atoms with Gasteiger partial charge < -0.3 is 62.3 Å². The van der Waals surface area contributed by atoms with Gasteiger partial charge >= 0.3 is 13.8 Å². The molecule has 0 saturated heterocycles. The number of nitrogens with one attached hydrogen (secondary N) is 5. The summed E-state index contributed by atoms with van der Waals surface area (Å²) in [5.41, 5.74) is 11.6. The van der Waals surface area contributed by atoms with Crippen molar-refractivity contribution in [2.24, 2.45) is 17.4 Å². The molecule has 0 bridgehead atoms. The van der Waals surface area contributed by atoms with E-state index in [-0.39, 0.29) is 44.2 Å². The summed E-state index contributed by atoms with van der Waals surface area (Å²) in [7, 11) is -4.87. The lowest BCUT2D eigenvalue weighted by atomic mass is 10.00. The molecule has 23 heteroatoms. The molecule has 0 aliphatic carbocycles. The maximum atomic E-state index is 13.7. The molecular formula is C35H50N7O15P. The van der Waals surface area contributed by atoms with Crippen LogP contribution < -0.4 is 42.6 Å². The molecular weight excluding hydrogens is 789 g/mol. The standard InChI is InChI=1S/C35H50N7O15P/c1-20(2)31(35(51)41-25(32(48)38-18-30(46)47)15-22-5-9-24(10-6-22)57-58(52,53)54)42-34(50)27(17-28(37)44)40-33(49)26(16-21-3-7-23(43)8-4-21)39-29(45)19-56-14-13-55-12-11-36/h3-10,20,25-27,31,43H,11-19,36H2,1-2H3,(H2,37,44)(H,38,48)(H,39,45)(H,40,49)(H,41,51)(H,42,50)(H,46,47)(H2,52,53,54)/t25-,26-,27-,31-/m0/s1. The number of phosphoric acid groups is 1. The summed E-state index contributed by atoms with van der Waals surface area (Å²) in [6.45, 7) is 2.61. The minimum atomic E-state index is -4.87. The fourth-order valence-electron chi connectivity index (χ4n) is 5.07. The first kappa shape index (κ1) is 48.5. The molecule has 0 heterocycles. The van der Waals surface area contributed by atoms with E-state index in [0.29, 0.717) is 17.7 Å². The normalized spacial score (nSPS) is 13.3. The highest BCUT2D eigenvalue weighted by atomic mass is 31.2. The van der Waals surface area contributed by atoms with Crippen LogP contribution in [0.25, 0.3) is 0 Å². The second-order valence-electron chi connectivity index (χ2n) is 13.0. The van der Waals surface area contributed by atoms with Gasteiger partial charge in [0, 0.05) is 19.4 Å². The van der Waals surface area contributed by atoms with E-state index in [0.717, 1.165) is 0 Å². The third-order valence-electron chi connectivity index (χ3n) is 7.81. The smallest absolute Gasteiger partial charge is 0.508 e. The molecule has 22 nitrogen and oxygen atoms in total. The van der Waals surface area contributed by atoms with Crippen LogP contribution >= 0.6 is 7.82 Å². The Balaban J connectivity index is 2.28.